The Kier molecular flexibility index (Phi) is 3.87. The smallest absolute Gasteiger partial charge is 0.00928 e. The molecule has 0 heteroatoms. The Morgan fingerprint density at radius 2 is 1.62 bits per heavy atom. The maximum atomic E-state index is 3.82. The van der Waals surface area contributed by atoms with Crippen molar-refractivity contribution in [2.24, 2.45) is 0 Å². The molecule has 0 nitrogen and oxygen atoms in total. The minimum Gasteiger partial charge on any atom is -0.0985 e. The van der Waals surface area contributed by atoms with Gasteiger partial charge in [-0.1, -0.05) is 86.3 Å². The lowest BCUT2D eigenvalue weighted by Crippen LogP contribution is -2.00. The van der Waals surface area contributed by atoms with Crippen LogP contribution in [0.1, 0.15) is 36.0 Å². The summed E-state index contributed by atoms with van der Waals surface area (Å²) in [4.78, 5) is 0. The number of hydrogen-bond donors (Lipinski definition) is 0. The summed E-state index contributed by atoms with van der Waals surface area (Å²) in [7, 11) is 0. The Bertz CT molecular complexity index is 745. The average Bonchev–Trinajstić information content (AvgIpc) is 2.56. The molecule has 0 amide bonds. The molecule has 3 aromatic rings. The zero-order valence-corrected chi connectivity index (χ0v) is 12.4. The van der Waals surface area contributed by atoms with Crippen molar-refractivity contribution in [2.45, 2.75) is 19.3 Å². The summed E-state index contributed by atoms with van der Waals surface area (Å²) in [6, 6.07) is 24.0. The van der Waals surface area contributed by atoms with Crippen LogP contribution in [0.4, 0.5) is 0 Å². The summed E-state index contributed by atoms with van der Waals surface area (Å²) >= 11 is 0. The van der Waals surface area contributed by atoms with Gasteiger partial charge in [-0.3, -0.25) is 0 Å². The Labute approximate surface area is 126 Å². The molecule has 104 valence electrons. The van der Waals surface area contributed by atoms with E-state index in [9.17, 15) is 0 Å². The first-order valence-electron chi connectivity index (χ1n) is 7.53. The molecule has 0 aliphatic rings. The summed E-state index contributed by atoms with van der Waals surface area (Å²) in [6.45, 7) is 6.08. The molecule has 1 atom stereocenters. The van der Waals surface area contributed by atoms with Crippen molar-refractivity contribution >= 4 is 16.8 Å². The molecule has 3 rings (SSSR count). The van der Waals surface area contributed by atoms with Crippen LogP contribution in [-0.4, -0.2) is 0 Å². The van der Waals surface area contributed by atoms with Crippen LogP contribution in [0.3, 0.4) is 0 Å². The average molecular weight is 272 g/mol. The van der Waals surface area contributed by atoms with Crippen LogP contribution in [0, 0.1) is 0 Å². The van der Waals surface area contributed by atoms with E-state index in [0.717, 1.165) is 6.42 Å². The van der Waals surface area contributed by atoms with Crippen LogP contribution in [0.2, 0.25) is 0 Å². The van der Waals surface area contributed by atoms with Crippen molar-refractivity contribution in [1.82, 2.24) is 0 Å². The third-order valence-electron chi connectivity index (χ3n) is 4.18. The molecular weight excluding hydrogens is 252 g/mol. The molecule has 21 heavy (non-hydrogen) atoms. The third-order valence-corrected chi connectivity index (χ3v) is 4.18. The van der Waals surface area contributed by atoms with E-state index in [4.69, 9.17) is 0 Å². The number of rotatable bonds is 4. The van der Waals surface area contributed by atoms with E-state index in [2.05, 4.69) is 80.2 Å². The second-order valence-electron chi connectivity index (χ2n) is 5.40. The quantitative estimate of drug-likeness (QED) is 0.544. The maximum absolute atomic E-state index is 3.82. The van der Waals surface area contributed by atoms with Gasteiger partial charge in [-0.2, -0.15) is 0 Å². The highest BCUT2D eigenvalue weighted by Gasteiger charge is 2.14. The van der Waals surface area contributed by atoms with Crippen molar-refractivity contribution in [3.8, 4) is 0 Å². The zero-order valence-electron chi connectivity index (χ0n) is 12.4. The van der Waals surface area contributed by atoms with Crippen molar-refractivity contribution < 1.29 is 0 Å². The SMILES string of the molecule is C=Cc1ccc(C(CC)c2cccc3ccccc23)cc1. The molecule has 3 aromatic carbocycles. The second kappa shape index (κ2) is 5.97. The summed E-state index contributed by atoms with van der Waals surface area (Å²) in [6.07, 6.45) is 2.99. The Morgan fingerprint density at radius 3 is 2.33 bits per heavy atom. The van der Waals surface area contributed by atoms with Gasteiger partial charge in [0.15, 0.2) is 0 Å². The van der Waals surface area contributed by atoms with Crippen LogP contribution in [-0.2, 0) is 0 Å². The zero-order chi connectivity index (χ0) is 14.7. The van der Waals surface area contributed by atoms with Crippen LogP contribution >= 0.6 is 0 Å². The van der Waals surface area contributed by atoms with Crippen molar-refractivity contribution in [3.05, 3.63) is 90.0 Å². The van der Waals surface area contributed by atoms with Gasteiger partial charge in [0.25, 0.3) is 0 Å². The molecule has 0 bridgehead atoms. The van der Waals surface area contributed by atoms with E-state index in [1.807, 2.05) is 6.08 Å². The van der Waals surface area contributed by atoms with Crippen molar-refractivity contribution in [1.29, 1.82) is 0 Å². The van der Waals surface area contributed by atoms with Crippen LogP contribution in [0.15, 0.2) is 73.3 Å². The van der Waals surface area contributed by atoms with Gasteiger partial charge < -0.3 is 0 Å². The molecule has 1 unspecified atom stereocenters. The van der Waals surface area contributed by atoms with E-state index in [1.54, 1.807) is 0 Å². The van der Waals surface area contributed by atoms with E-state index >= 15 is 0 Å². The van der Waals surface area contributed by atoms with Crippen molar-refractivity contribution in [2.75, 3.05) is 0 Å². The van der Waals surface area contributed by atoms with Gasteiger partial charge in [-0.05, 0) is 33.9 Å². The Hall–Kier alpha value is -2.34. The van der Waals surface area contributed by atoms with Gasteiger partial charge in [0.1, 0.15) is 0 Å². The lowest BCUT2D eigenvalue weighted by atomic mass is 9.86. The summed E-state index contributed by atoms with van der Waals surface area (Å²) < 4.78 is 0. The normalized spacial score (nSPS) is 12.2. The number of hydrogen-bond acceptors (Lipinski definition) is 0. The molecule has 0 aromatic heterocycles. The predicted molar refractivity (Wildman–Crippen MR) is 92.6 cm³/mol. The molecule has 0 saturated carbocycles. The molecule has 0 fully saturated rings. The molecule has 0 heterocycles. The van der Waals surface area contributed by atoms with Crippen LogP contribution < -0.4 is 0 Å². The highest BCUT2D eigenvalue weighted by atomic mass is 14.2. The van der Waals surface area contributed by atoms with E-state index in [1.165, 1.54) is 27.5 Å². The van der Waals surface area contributed by atoms with E-state index in [-0.39, 0.29) is 0 Å². The van der Waals surface area contributed by atoms with Gasteiger partial charge in [-0.25, -0.2) is 0 Å². The van der Waals surface area contributed by atoms with Gasteiger partial charge in [0, 0.05) is 5.92 Å². The highest BCUT2D eigenvalue weighted by molar-refractivity contribution is 5.86. The third kappa shape index (κ3) is 2.62. The monoisotopic (exact) mass is 272 g/mol. The lowest BCUT2D eigenvalue weighted by Gasteiger charge is -2.18. The van der Waals surface area contributed by atoms with Gasteiger partial charge in [0.05, 0.1) is 0 Å². The van der Waals surface area contributed by atoms with Crippen LogP contribution in [0.5, 0.6) is 0 Å². The molecule has 0 spiro atoms. The van der Waals surface area contributed by atoms with E-state index in [0.29, 0.717) is 5.92 Å². The number of benzene rings is 3. The van der Waals surface area contributed by atoms with Gasteiger partial charge in [-0.15, -0.1) is 0 Å². The molecule has 0 aliphatic carbocycles. The highest BCUT2D eigenvalue weighted by Crippen LogP contribution is 2.33. The minimum atomic E-state index is 0.440. The minimum absolute atomic E-state index is 0.440. The molecular formula is C21H20. The van der Waals surface area contributed by atoms with Crippen molar-refractivity contribution in [3.63, 3.8) is 0 Å². The summed E-state index contributed by atoms with van der Waals surface area (Å²) in [5, 5.41) is 2.68. The Balaban J connectivity index is 2.11. The van der Waals surface area contributed by atoms with E-state index < -0.39 is 0 Å². The largest absolute Gasteiger partial charge is 0.0985 e. The summed E-state index contributed by atoms with van der Waals surface area (Å²) in [5.41, 5.74) is 3.97. The molecule has 0 saturated heterocycles. The lowest BCUT2D eigenvalue weighted by molar-refractivity contribution is 0.783. The predicted octanol–water partition coefficient (Wildman–Crippen LogP) is 6.02. The standard InChI is InChI=1S/C21H20/c1-3-16-12-14-18(15-13-16)19(4-2)21-11-7-9-17-8-5-6-10-20(17)21/h3,5-15,19H,1,4H2,2H3. The van der Waals surface area contributed by atoms with Gasteiger partial charge >= 0.3 is 0 Å². The Morgan fingerprint density at radius 1 is 0.905 bits per heavy atom. The molecule has 0 radical (unpaired) electrons. The fourth-order valence-electron chi connectivity index (χ4n) is 3.05. The van der Waals surface area contributed by atoms with Crippen LogP contribution in [0.25, 0.3) is 16.8 Å². The fraction of sp³-hybridized carbons (Fsp3) is 0.143. The first-order chi connectivity index (χ1) is 10.3. The second-order valence-corrected chi connectivity index (χ2v) is 5.40. The molecule has 0 aliphatic heterocycles. The van der Waals surface area contributed by atoms with Gasteiger partial charge in [0.2, 0.25) is 0 Å². The first-order valence-corrected chi connectivity index (χ1v) is 7.53. The number of fused-ring (bicyclic) bond motifs is 1. The first kappa shape index (κ1) is 13.6. The summed E-state index contributed by atoms with van der Waals surface area (Å²) in [5.74, 6) is 0.440. The maximum Gasteiger partial charge on any atom is 0.00928 e. The fourth-order valence-corrected chi connectivity index (χ4v) is 3.05. The topological polar surface area (TPSA) is 0 Å². The molecule has 0 N–H and O–H groups in total.